The van der Waals surface area contributed by atoms with Gasteiger partial charge in [0.05, 0.1) is 42.5 Å². The summed E-state index contributed by atoms with van der Waals surface area (Å²) < 4.78 is 99.7. The van der Waals surface area contributed by atoms with Crippen LogP contribution in [0.5, 0.6) is 0 Å². The van der Waals surface area contributed by atoms with Gasteiger partial charge in [-0.3, -0.25) is 0 Å². The van der Waals surface area contributed by atoms with Crippen molar-refractivity contribution in [3.05, 3.63) is 60.8 Å². The summed E-state index contributed by atoms with van der Waals surface area (Å²) >= 11 is 5.10. The normalized spacial score (nSPS) is 10.4. The van der Waals surface area contributed by atoms with E-state index in [1.165, 1.54) is 90.4 Å². The molecule has 1 nitrogen and oxygen atoms in total. The molecule has 2 rings (SSSR count). The molecule has 0 N–H and O–H groups in total. The highest BCUT2D eigenvalue weighted by molar-refractivity contribution is 14.1. The van der Waals surface area contributed by atoms with Crippen LogP contribution in [0.3, 0.4) is 0 Å². The first kappa shape index (κ1) is 33.7. The van der Waals surface area contributed by atoms with Crippen molar-refractivity contribution in [3.63, 3.8) is 0 Å². The third-order valence-corrected chi connectivity index (χ3v) is 6.10. The van der Waals surface area contributed by atoms with Gasteiger partial charge in [-0.2, -0.15) is 0 Å². The number of rotatable bonds is 0. The van der Waals surface area contributed by atoms with E-state index in [1.54, 1.807) is 0 Å². The Balaban J connectivity index is 0. The van der Waals surface area contributed by atoms with Crippen LogP contribution < -0.4 is 24.0 Å². The lowest BCUT2D eigenvalue weighted by atomic mass is 10.3. The maximum absolute atomic E-state index is 12.8. The third kappa shape index (κ3) is 9.77. The molecule has 0 heterocycles. The van der Waals surface area contributed by atoms with Gasteiger partial charge in [-0.25, -0.2) is 35.1 Å². The fraction of sp³-hybridized carbons (Fsp3) is 0.250. The van der Waals surface area contributed by atoms with E-state index in [0.717, 1.165) is 4.48 Å². The van der Waals surface area contributed by atoms with Crippen molar-refractivity contribution in [3.8, 4) is 0 Å². The number of hydrogen-bond acceptors (Lipinski definition) is 0. The summed E-state index contributed by atoms with van der Waals surface area (Å²) in [6, 6.07) is 0. The number of halogens is 13. The molecule has 0 fully saturated rings. The highest BCUT2D eigenvalue weighted by atomic mass is 127. The molecule has 172 valence electrons. The van der Waals surface area contributed by atoms with Gasteiger partial charge in [0.15, 0.2) is 46.5 Å². The highest BCUT2D eigenvalue weighted by Gasteiger charge is 2.22. The van der Waals surface area contributed by atoms with Gasteiger partial charge in [0, 0.05) is 0 Å². The molecule has 0 saturated carbocycles. The zero-order chi connectivity index (χ0) is 23.4. The number of hydrogen-bond donors (Lipinski definition) is 0. The van der Waals surface area contributed by atoms with Crippen molar-refractivity contribution in [2.24, 2.45) is 0 Å². The molecule has 0 atom stereocenters. The van der Waals surface area contributed by atoms with E-state index in [1.807, 2.05) is 0 Å². The molecular formula is C16H12F8I5N. The predicted molar refractivity (Wildman–Crippen MR) is 127 cm³/mol. The number of benzene rings is 2. The topological polar surface area (TPSA) is 0 Å². The van der Waals surface area contributed by atoms with E-state index in [9.17, 15) is 35.1 Å². The van der Waals surface area contributed by atoms with Crippen molar-refractivity contribution in [2.45, 2.75) is 0 Å². The zero-order valence-electron chi connectivity index (χ0n) is 15.4. The molecule has 14 heteroatoms. The summed E-state index contributed by atoms with van der Waals surface area (Å²) in [5, 5.41) is 0. The zero-order valence-corrected chi connectivity index (χ0v) is 26.1. The Morgan fingerprint density at radius 1 is 0.400 bits per heavy atom. The van der Waals surface area contributed by atoms with Crippen LogP contribution >= 0.6 is 90.4 Å². The van der Waals surface area contributed by atoms with Crippen LogP contribution in [-0.2, 0) is 0 Å². The maximum Gasteiger partial charge on any atom is 0.196 e. The van der Waals surface area contributed by atoms with Gasteiger partial charge in [0.2, 0.25) is 0 Å². The second-order valence-corrected chi connectivity index (χ2v) is 10.8. The molecule has 2 aromatic carbocycles. The summed E-state index contributed by atoms with van der Waals surface area (Å²) in [7, 11) is 8.50. The van der Waals surface area contributed by atoms with Crippen LogP contribution in [0.25, 0.3) is 0 Å². The summed E-state index contributed by atoms with van der Waals surface area (Å²) in [6.07, 6.45) is 0. The summed E-state index contributed by atoms with van der Waals surface area (Å²) in [4.78, 5) is 0. The van der Waals surface area contributed by atoms with Gasteiger partial charge in [-0.15, -0.1) is 0 Å². The molecule has 0 unspecified atom stereocenters. The minimum atomic E-state index is -1.63. The van der Waals surface area contributed by atoms with E-state index in [2.05, 4.69) is 28.2 Å². The number of quaternary nitrogens is 1. The average molecular weight is 1000 g/mol. The van der Waals surface area contributed by atoms with Gasteiger partial charge >= 0.3 is 0 Å². The quantitative estimate of drug-likeness (QED) is 0.122. The molecule has 0 radical (unpaired) electrons. The van der Waals surface area contributed by atoms with Gasteiger partial charge in [0.25, 0.3) is 0 Å². The Bertz CT molecular complexity index is 619. The predicted octanol–water partition coefficient (Wildman–Crippen LogP) is 4.23. The van der Waals surface area contributed by atoms with E-state index in [-0.39, 0.29) is 24.0 Å². The van der Waals surface area contributed by atoms with Crippen LogP contribution in [0.1, 0.15) is 0 Å². The molecule has 0 bridgehead atoms. The van der Waals surface area contributed by atoms with Crippen molar-refractivity contribution < 1.29 is 63.6 Å². The molecular weight excluding hydrogens is 993 g/mol. The first-order chi connectivity index (χ1) is 12.9. The Morgan fingerprint density at radius 2 is 0.533 bits per heavy atom. The second-order valence-electron chi connectivity index (χ2n) is 6.45. The molecule has 0 amide bonds. The van der Waals surface area contributed by atoms with Crippen LogP contribution in [-0.4, -0.2) is 32.7 Å². The van der Waals surface area contributed by atoms with Crippen molar-refractivity contribution in [1.82, 2.24) is 0 Å². The first-order valence-electron chi connectivity index (χ1n) is 7.06. The lowest BCUT2D eigenvalue weighted by Crippen LogP contribution is -3.00. The van der Waals surface area contributed by atoms with Gasteiger partial charge in [-0.1, -0.05) is 0 Å². The van der Waals surface area contributed by atoms with Crippen LogP contribution in [0.15, 0.2) is 0 Å². The molecule has 2 aromatic rings. The molecule has 0 aliphatic carbocycles. The van der Waals surface area contributed by atoms with Crippen molar-refractivity contribution in [2.75, 3.05) is 28.2 Å². The van der Waals surface area contributed by atoms with Gasteiger partial charge in [0.1, 0.15) is 0 Å². The highest BCUT2D eigenvalue weighted by Crippen LogP contribution is 2.27. The molecule has 0 aliphatic heterocycles. The summed E-state index contributed by atoms with van der Waals surface area (Å²) in [5.41, 5.74) is 0. The largest absolute Gasteiger partial charge is 1.00 e. The van der Waals surface area contributed by atoms with E-state index >= 15 is 0 Å². The van der Waals surface area contributed by atoms with Crippen LogP contribution in [0.4, 0.5) is 35.1 Å². The van der Waals surface area contributed by atoms with Gasteiger partial charge in [-0.05, 0) is 90.4 Å². The lowest BCUT2D eigenvalue weighted by Gasteiger charge is -2.14. The molecule has 0 saturated heterocycles. The minimum absolute atomic E-state index is 0. The van der Waals surface area contributed by atoms with Crippen LogP contribution in [0.2, 0.25) is 0 Å². The third-order valence-electron chi connectivity index (χ3n) is 2.31. The smallest absolute Gasteiger partial charge is 0.196 e. The maximum atomic E-state index is 12.8. The lowest BCUT2D eigenvalue weighted by molar-refractivity contribution is -0.849. The minimum Gasteiger partial charge on any atom is -1.00 e. The molecule has 0 spiro atoms. The molecule has 0 aliphatic rings. The standard InChI is InChI=1S/2C6F4I2.C4H12N.HI/c2*7-1-2(8)5(11)4(10)6(12)3(1)9;1-5(2,3)4;/h;;1-4H3;1H/q;;+1;/p-1. The fourth-order valence-corrected chi connectivity index (χ4v) is 4.21. The Morgan fingerprint density at radius 3 is 0.667 bits per heavy atom. The van der Waals surface area contributed by atoms with Crippen LogP contribution in [0, 0.1) is 60.8 Å². The molecule has 30 heavy (non-hydrogen) atoms. The monoisotopic (exact) mass is 1000 g/mol. The van der Waals surface area contributed by atoms with E-state index < -0.39 is 60.8 Å². The second kappa shape index (κ2) is 14.0. The average Bonchev–Trinajstić information content (AvgIpc) is 2.64. The Hall–Kier alpha value is 1.49. The Kier molecular flexibility index (Phi) is 15.7. The summed E-state index contributed by atoms with van der Waals surface area (Å²) in [6.45, 7) is 0. The Labute approximate surface area is 239 Å². The van der Waals surface area contributed by atoms with E-state index in [0.29, 0.717) is 0 Å². The molecule has 0 aromatic heterocycles. The SMILES string of the molecule is C[N+](C)(C)C.Fc1c(F)c(I)c(F)c(I)c1F.Fc1c(F)c(I)c(F)c(I)c1F.[I-]. The van der Waals surface area contributed by atoms with Crippen molar-refractivity contribution >= 4 is 90.4 Å². The summed E-state index contributed by atoms with van der Waals surface area (Å²) in [5.74, 6) is -11.3. The number of nitrogens with zero attached hydrogens (tertiary/aromatic N) is 1. The van der Waals surface area contributed by atoms with Crippen molar-refractivity contribution in [1.29, 1.82) is 0 Å². The first-order valence-corrected chi connectivity index (χ1v) is 11.4. The van der Waals surface area contributed by atoms with E-state index in [4.69, 9.17) is 0 Å². The fourth-order valence-electron chi connectivity index (χ4n) is 1.16. The van der Waals surface area contributed by atoms with Gasteiger partial charge < -0.3 is 28.5 Å².